The molecule has 1 atom stereocenters. The molecule has 3 amide bonds. The Balaban J connectivity index is 0.978. The summed E-state index contributed by atoms with van der Waals surface area (Å²) in [5, 5.41) is 11.4. The fourth-order valence-electron chi connectivity index (χ4n) is 6.88. The Labute approximate surface area is 254 Å². The van der Waals surface area contributed by atoms with Crippen LogP contribution in [0.5, 0.6) is 5.75 Å². The van der Waals surface area contributed by atoms with E-state index in [0.717, 1.165) is 50.1 Å². The molecule has 1 unspecified atom stereocenters. The van der Waals surface area contributed by atoms with Gasteiger partial charge < -0.3 is 14.5 Å². The molecular formula is C34H32FN5O4. The van der Waals surface area contributed by atoms with E-state index in [1.165, 1.54) is 16.5 Å². The number of amides is 3. The Kier molecular flexibility index (Phi) is 7.05. The number of piperazine rings is 1. The Bertz CT molecular complexity index is 1690. The molecule has 0 radical (unpaired) electrons. The Morgan fingerprint density at radius 2 is 1.77 bits per heavy atom. The number of piperidine rings is 1. The van der Waals surface area contributed by atoms with Gasteiger partial charge in [0.1, 0.15) is 24.2 Å². The zero-order chi connectivity index (χ0) is 30.4. The smallest absolute Gasteiger partial charge is 0.255 e. The van der Waals surface area contributed by atoms with Gasteiger partial charge in [-0.25, -0.2) is 4.39 Å². The maximum absolute atomic E-state index is 14.6. The standard InChI is InChI=1S/C34H32FN5O4/c35-27-18-23(19-36)6-9-28(27)38-14-16-39(17-15-38)34(12-13-34)24-7-4-22(5-8-24)21-44-30-3-1-2-25-26(30)20-40(33(25)43)29-10-11-31(41)37-32(29)42/h1-9,18,29H,10-17,20-21H2,(H,37,41,42). The van der Waals surface area contributed by atoms with Crippen molar-refractivity contribution in [2.45, 2.75) is 50.4 Å². The van der Waals surface area contributed by atoms with Crippen LogP contribution < -0.4 is 15.0 Å². The van der Waals surface area contributed by atoms with Crippen molar-refractivity contribution in [1.82, 2.24) is 15.1 Å². The van der Waals surface area contributed by atoms with E-state index < -0.39 is 11.9 Å². The highest BCUT2D eigenvalue weighted by Gasteiger charge is 2.50. The summed E-state index contributed by atoms with van der Waals surface area (Å²) in [6.45, 7) is 3.72. The number of ether oxygens (including phenoxy) is 1. The summed E-state index contributed by atoms with van der Waals surface area (Å²) < 4.78 is 20.8. The highest BCUT2D eigenvalue weighted by molar-refractivity contribution is 6.05. The SMILES string of the molecule is N#Cc1ccc(N2CCN(C3(c4ccc(COc5cccc6c5CN(C5CCC(=O)NC5=O)C6=O)cc4)CC3)CC2)c(F)c1. The van der Waals surface area contributed by atoms with Crippen LogP contribution >= 0.6 is 0 Å². The molecule has 2 saturated heterocycles. The molecule has 44 heavy (non-hydrogen) atoms. The van der Waals surface area contributed by atoms with Gasteiger partial charge in [-0.3, -0.25) is 24.6 Å². The highest BCUT2D eigenvalue weighted by atomic mass is 19.1. The number of anilines is 1. The number of carbonyl (C=O) groups is 3. The monoisotopic (exact) mass is 593 g/mol. The Hall–Kier alpha value is -4.75. The number of nitriles is 1. The number of fused-ring (bicyclic) bond motifs is 1. The lowest BCUT2D eigenvalue weighted by molar-refractivity contribution is -0.136. The van der Waals surface area contributed by atoms with Gasteiger partial charge in [0.25, 0.3) is 5.91 Å². The summed E-state index contributed by atoms with van der Waals surface area (Å²) in [6, 6.07) is 19.9. The molecule has 1 saturated carbocycles. The van der Waals surface area contributed by atoms with Crippen LogP contribution in [-0.2, 0) is 28.3 Å². The lowest BCUT2D eigenvalue weighted by Gasteiger charge is -2.41. The van der Waals surface area contributed by atoms with Crippen molar-refractivity contribution in [1.29, 1.82) is 5.26 Å². The number of rotatable bonds is 7. The third-order valence-electron chi connectivity index (χ3n) is 9.45. The molecule has 7 rings (SSSR count). The van der Waals surface area contributed by atoms with E-state index in [1.807, 2.05) is 12.1 Å². The number of hydrogen-bond donors (Lipinski definition) is 1. The van der Waals surface area contributed by atoms with Crippen molar-refractivity contribution in [3.8, 4) is 11.8 Å². The van der Waals surface area contributed by atoms with Gasteiger partial charge in [-0.1, -0.05) is 30.3 Å². The van der Waals surface area contributed by atoms with Gasteiger partial charge in [0.2, 0.25) is 11.8 Å². The topological polar surface area (TPSA) is 106 Å². The predicted octanol–water partition coefficient (Wildman–Crippen LogP) is 3.85. The quantitative estimate of drug-likeness (QED) is 0.415. The molecule has 0 spiro atoms. The molecule has 3 fully saturated rings. The zero-order valence-electron chi connectivity index (χ0n) is 24.2. The van der Waals surface area contributed by atoms with Crippen LogP contribution in [0.25, 0.3) is 0 Å². The number of benzene rings is 3. The summed E-state index contributed by atoms with van der Waals surface area (Å²) >= 11 is 0. The zero-order valence-corrected chi connectivity index (χ0v) is 24.2. The average molecular weight is 594 g/mol. The number of carbonyl (C=O) groups excluding carboxylic acids is 3. The largest absolute Gasteiger partial charge is 0.489 e. The van der Waals surface area contributed by atoms with E-state index in [0.29, 0.717) is 35.6 Å². The van der Waals surface area contributed by atoms with E-state index in [2.05, 4.69) is 39.4 Å². The molecule has 9 nitrogen and oxygen atoms in total. The summed E-state index contributed by atoms with van der Waals surface area (Å²) in [7, 11) is 0. The minimum Gasteiger partial charge on any atom is -0.489 e. The van der Waals surface area contributed by atoms with E-state index in [1.54, 1.807) is 24.3 Å². The normalized spacial score (nSPS) is 21.1. The summed E-state index contributed by atoms with van der Waals surface area (Å²) in [5.41, 5.74) is 4.45. The second-order valence-corrected chi connectivity index (χ2v) is 12.0. The van der Waals surface area contributed by atoms with Gasteiger partial charge in [0.15, 0.2) is 0 Å². The first-order valence-electron chi connectivity index (χ1n) is 15.0. The van der Waals surface area contributed by atoms with Gasteiger partial charge in [-0.2, -0.15) is 5.26 Å². The van der Waals surface area contributed by atoms with Crippen LogP contribution in [0.1, 0.15) is 58.3 Å². The van der Waals surface area contributed by atoms with Crippen LogP contribution in [0, 0.1) is 17.1 Å². The second kappa shape index (κ2) is 11.1. The van der Waals surface area contributed by atoms with E-state index in [-0.39, 0.29) is 36.1 Å². The minimum atomic E-state index is -0.664. The van der Waals surface area contributed by atoms with Crippen LogP contribution in [0.3, 0.4) is 0 Å². The van der Waals surface area contributed by atoms with Gasteiger partial charge >= 0.3 is 0 Å². The molecule has 0 aromatic heterocycles. The lowest BCUT2D eigenvalue weighted by Crippen LogP contribution is -2.52. The number of hydrogen-bond acceptors (Lipinski definition) is 7. The summed E-state index contributed by atoms with van der Waals surface area (Å²) in [5.74, 6) is -0.695. The fraction of sp³-hybridized carbons (Fsp3) is 0.353. The van der Waals surface area contributed by atoms with Crippen LogP contribution in [0.15, 0.2) is 60.7 Å². The van der Waals surface area contributed by atoms with Crippen molar-refractivity contribution in [2.75, 3.05) is 31.1 Å². The van der Waals surface area contributed by atoms with Gasteiger partial charge in [0, 0.05) is 49.3 Å². The molecule has 3 aromatic rings. The Morgan fingerprint density at radius 1 is 1.00 bits per heavy atom. The third kappa shape index (κ3) is 4.97. The first-order valence-corrected chi connectivity index (χ1v) is 15.0. The second-order valence-electron chi connectivity index (χ2n) is 12.0. The molecule has 3 heterocycles. The molecule has 3 aromatic carbocycles. The molecule has 0 bridgehead atoms. The minimum absolute atomic E-state index is 0.00871. The van der Waals surface area contributed by atoms with Crippen LogP contribution in [0.2, 0.25) is 0 Å². The van der Waals surface area contributed by atoms with Crippen LogP contribution in [-0.4, -0.2) is 59.7 Å². The van der Waals surface area contributed by atoms with Crippen molar-refractivity contribution >= 4 is 23.4 Å². The van der Waals surface area contributed by atoms with Gasteiger partial charge in [0.05, 0.1) is 23.9 Å². The van der Waals surface area contributed by atoms with Crippen molar-refractivity contribution < 1.29 is 23.5 Å². The molecule has 10 heteroatoms. The molecule has 4 aliphatic rings. The highest BCUT2D eigenvalue weighted by Crippen LogP contribution is 2.51. The number of halogens is 1. The van der Waals surface area contributed by atoms with Gasteiger partial charge in [-0.05, 0) is 60.7 Å². The molecule has 3 aliphatic heterocycles. The number of imide groups is 1. The first kappa shape index (κ1) is 28.0. The van der Waals surface area contributed by atoms with Crippen LogP contribution in [0.4, 0.5) is 10.1 Å². The number of nitrogens with one attached hydrogen (secondary N) is 1. The van der Waals surface area contributed by atoms with E-state index >= 15 is 0 Å². The third-order valence-corrected chi connectivity index (χ3v) is 9.45. The average Bonchev–Trinajstić information content (AvgIpc) is 3.78. The summed E-state index contributed by atoms with van der Waals surface area (Å²) in [4.78, 5) is 43.2. The Morgan fingerprint density at radius 3 is 2.45 bits per heavy atom. The molecule has 1 N–H and O–H groups in total. The molecule has 1 aliphatic carbocycles. The van der Waals surface area contributed by atoms with E-state index in [4.69, 9.17) is 10.00 Å². The molecular weight excluding hydrogens is 561 g/mol. The lowest BCUT2D eigenvalue weighted by atomic mass is 10.00. The molecule has 224 valence electrons. The maximum atomic E-state index is 14.6. The predicted molar refractivity (Wildman–Crippen MR) is 159 cm³/mol. The number of nitrogens with zero attached hydrogens (tertiary/aromatic N) is 4. The maximum Gasteiger partial charge on any atom is 0.255 e. The van der Waals surface area contributed by atoms with Crippen molar-refractivity contribution in [3.63, 3.8) is 0 Å². The first-order chi connectivity index (χ1) is 21.4. The van der Waals surface area contributed by atoms with Gasteiger partial charge in [-0.15, -0.1) is 0 Å². The van der Waals surface area contributed by atoms with E-state index in [9.17, 15) is 18.8 Å². The summed E-state index contributed by atoms with van der Waals surface area (Å²) in [6.07, 6.45) is 2.70. The van der Waals surface area contributed by atoms with Crippen molar-refractivity contribution in [3.05, 3.63) is 94.3 Å². The van der Waals surface area contributed by atoms with Crippen molar-refractivity contribution in [2.24, 2.45) is 0 Å². The fourth-order valence-corrected chi connectivity index (χ4v) is 6.88.